The first-order valence-corrected chi connectivity index (χ1v) is 13.3. The van der Waals surface area contributed by atoms with Crippen LogP contribution in [0.15, 0.2) is 67.1 Å². The molecule has 5 aromatic rings. The number of nitrogens with zero attached hydrogens (tertiary/aromatic N) is 5. The van der Waals surface area contributed by atoms with Crippen LogP contribution in [-0.2, 0) is 0 Å². The summed E-state index contributed by atoms with van der Waals surface area (Å²) < 4.78 is 0. The molecule has 0 unspecified atom stereocenters. The molecular weight excluding hydrogens is 472 g/mol. The summed E-state index contributed by atoms with van der Waals surface area (Å²) in [4.78, 5) is 17.9. The Labute approximate surface area is 222 Å². The maximum absolute atomic E-state index is 5.02. The third-order valence-electron chi connectivity index (χ3n) is 7.16. The van der Waals surface area contributed by atoms with E-state index in [0.29, 0.717) is 5.92 Å². The molecule has 0 saturated carbocycles. The summed E-state index contributed by atoms with van der Waals surface area (Å²) in [6.07, 6.45) is 4.57. The number of aromatic amines is 2. The van der Waals surface area contributed by atoms with E-state index in [-0.39, 0.29) is 0 Å². The predicted molar refractivity (Wildman–Crippen MR) is 156 cm³/mol. The number of H-pyrrole nitrogens is 2. The van der Waals surface area contributed by atoms with Gasteiger partial charge in [-0.3, -0.25) is 10.1 Å². The normalized spacial score (nSPS) is 14.6. The molecule has 0 bridgehead atoms. The molecule has 1 aromatic carbocycles. The first-order valence-electron chi connectivity index (χ1n) is 13.3. The Balaban J connectivity index is 1.34. The summed E-state index contributed by atoms with van der Waals surface area (Å²) in [5.41, 5.74) is 9.55. The monoisotopic (exact) mass is 506 g/mol. The zero-order chi connectivity index (χ0) is 26.2. The molecule has 8 nitrogen and oxygen atoms in total. The SMILES string of the molecule is C=C(CC(C)C)Nc1cncc(-c2ccc3[nH]nc(-c4cc5c(N6CCN(C)CC6)cccc5[nH]4)c3n2)c1. The van der Waals surface area contributed by atoms with Gasteiger partial charge >= 0.3 is 0 Å². The Bertz CT molecular complexity index is 1600. The number of hydrogen-bond donors (Lipinski definition) is 3. The van der Waals surface area contributed by atoms with E-state index in [0.717, 1.165) is 83.2 Å². The topological polar surface area (TPSA) is 88.8 Å². The molecule has 0 spiro atoms. The Morgan fingerprint density at radius 3 is 2.71 bits per heavy atom. The smallest absolute Gasteiger partial charge is 0.135 e. The summed E-state index contributed by atoms with van der Waals surface area (Å²) in [5.74, 6) is 0.539. The number of likely N-dealkylation sites (N-methyl/N-ethyl adjacent to an activating group) is 1. The number of nitrogens with one attached hydrogen (secondary N) is 3. The molecule has 3 N–H and O–H groups in total. The zero-order valence-corrected chi connectivity index (χ0v) is 22.3. The summed E-state index contributed by atoms with van der Waals surface area (Å²) >= 11 is 0. The standard InChI is InChI=1S/C30H34N8/c1-19(2)14-20(3)32-22-15-21(17-31-18-22)24-8-9-26-29(34-24)30(36-35-26)27-16-23-25(33-27)6-5-7-28(23)38-12-10-37(4)11-13-38/h5-9,15-19,32-33H,3,10-14H2,1-2,4H3,(H,35,36). The first kappa shape index (κ1) is 24.2. The maximum Gasteiger partial charge on any atom is 0.135 e. The van der Waals surface area contributed by atoms with Crippen LogP contribution in [0.2, 0.25) is 0 Å². The molecule has 0 atom stereocenters. The van der Waals surface area contributed by atoms with E-state index in [2.05, 4.69) is 93.1 Å². The summed E-state index contributed by atoms with van der Waals surface area (Å²) in [7, 11) is 2.18. The van der Waals surface area contributed by atoms with Gasteiger partial charge in [0, 0.05) is 60.2 Å². The van der Waals surface area contributed by atoms with Gasteiger partial charge in [-0.15, -0.1) is 0 Å². The van der Waals surface area contributed by atoms with Crippen molar-refractivity contribution >= 4 is 33.3 Å². The fourth-order valence-electron chi connectivity index (χ4n) is 5.23. The molecule has 0 aliphatic carbocycles. The largest absolute Gasteiger partial charge is 0.368 e. The van der Waals surface area contributed by atoms with Crippen LogP contribution in [0, 0.1) is 5.92 Å². The van der Waals surface area contributed by atoms with Crippen LogP contribution < -0.4 is 10.2 Å². The molecular formula is C30H34N8. The highest BCUT2D eigenvalue weighted by Crippen LogP contribution is 2.34. The van der Waals surface area contributed by atoms with Crippen molar-refractivity contribution < 1.29 is 0 Å². The molecule has 1 aliphatic heterocycles. The lowest BCUT2D eigenvalue weighted by Crippen LogP contribution is -2.44. The zero-order valence-electron chi connectivity index (χ0n) is 22.3. The molecule has 5 heterocycles. The van der Waals surface area contributed by atoms with Gasteiger partial charge in [-0.1, -0.05) is 26.5 Å². The van der Waals surface area contributed by atoms with E-state index in [1.54, 1.807) is 0 Å². The highest BCUT2D eigenvalue weighted by molar-refractivity contribution is 5.99. The molecule has 6 rings (SSSR count). The Morgan fingerprint density at radius 2 is 1.89 bits per heavy atom. The number of fused-ring (bicyclic) bond motifs is 2. The molecule has 4 aromatic heterocycles. The van der Waals surface area contributed by atoms with Crippen molar-refractivity contribution in [2.24, 2.45) is 5.92 Å². The lowest BCUT2D eigenvalue weighted by atomic mass is 10.1. The summed E-state index contributed by atoms with van der Waals surface area (Å²) in [5, 5.41) is 12.4. The minimum Gasteiger partial charge on any atom is -0.368 e. The molecule has 38 heavy (non-hydrogen) atoms. The summed E-state index contributed by atoms with van der Waals surface area (Å²) in [6, 6.07) is 14.8. The Morgan fingerprint density at radius 1 is 1.05 bits per heavy atom. The van der Waals surface area contributed by atoms with Gasteiger partial charge in [-0.25, -0.2) is 4.98 Å². The van der Waals surface area contributed by atoms with E-state index in [1.807, 2.05) is 24.5 Å². The highest BCUT2D eigenvalue weighted by atomic mass is 15.2. The summed E-state index contributed by atoms with van der Waals surface area (Å²) in [6.45, 7) is 12.7. The quantitative estimate of drug-likeness (QED) is 0.255. The molecule has 8 heteroatoms. The average molecular weight is 507 g/mol. The minimum absolute atomic E-state index is 0.539. The van der Waals surface area contributed by atoms with Gasteiger partial charge in [-0.2, -0.15) is 5.10 Å². The maximum atomic E-state index is 5.02. The third kappa shape index (κ3) is 4.75. The number of anilines is 2. The predicted octanol–water partition coefficient (Wildman–Crippen LogP) is 5.89. The average Bonchev–Trinajstić information content (AvgIpc) is 3.52. The van der Waals surface area contributed by atoms with Crippen molar-refractivity contribution in [3.05, 3.63) is 67.1 Å². The Hall–Kier alpha value is -4.17. The van der Waals surface area contributed by atoms with Gasteiger partial charge in [-0.05, 0) is 55.8 Å². The van der Waals surface area contributed by atoms with E-state index in [1.165, 1.54) is 11.1 Å². The number of piperazine rings is 1. The van der Waals surface area contributed by atoms with E-state index in [4.69, 9.17) is 4.98 Å². The lowest BCUT2D eigenvalue weighted by molar-refractivity contribution is 0.313. The van der Waals surface area contributed by atoms with Crippen molar-refractivity contribution in [3.63, 3.8) is 0 Å². The van der Waals surface area contributed by atoms with Crippen molar-refractivity contribution in [2.75, 3.05) is 43.4 Å². The van der Waals surface area contributed by atoms with Crippen LogP contribution in [0.5, 0.6) is 0 Å². The van der Waals surface area contributed by atoms with E-state index >= 15 is 0 Å². The Kier molecular flexibility index (Phi) is 6.33. The van der Waals surface area contributed by atoms with Crippen LogP contribution in [0.4, 0.5) is 11.4 Å². The second-order valence-corrected chi connectivity index (χ2v) is 10.7. The number of hydrogen-bond acceptors (Lipinski definition) is 6. The first-order chi connectivity index (χ1) is 18.4. The van der Waals surface area contributed by atoms with Crippen molar-refractivity contribution in [2.45, 2.75) is 20.3 Å². The molecule has 1 saturated heterocycles. The molecule has 0 amide bonds. The van der Waals surface area contributed by atoms with Crippen LogP contribution in [0.1, 0.15) is 20.3 Å². The van der Waals surface area contributed by atoms with Gasteiger partial charge in [0.15, 0.2) is 0 Å². The van der Waals surface area contributed by atoms with E-state index < -0.39 is 0 Å². The van der Waals surface area contributed by atoms with Gasteiger partial charge in [0.2, 0.25) is 0 Å². The number of pyridine rings is 2. The van der Waals surface area contributed by atoms with Crippen molar-refractivity contribution in [1.82, 2.24) is 30.0 Å². The molecule has 0 radical (unpaired) electrons. The number of benzene rings is 1. The molecule has 1 fully saturated rings. The number of rotatable bonds is 7. The highest BCUT2D eigenvalue weighted by Gasteiger charge is 2.19. The van der Waals surface area contributed by atoms with E-state index in [9.17, 15) is 0 Å². The number of allylic oxidation sites excluding steroid dienone is 1. The third-order valence-corrected chi connectivity index (χ3v) is 7.16. The lowest BCUT2D eigenvalue weighted by Gasteiger charge is -2.34. The second-order valence-electron chi connectivity index (χ2n) is 10.7. The number of aromatic nitrogens is 5. The van der Waals surface area contributed by atoms with Crippen LogP contribution in [-0.4, -0.2) is 63.3 Å². The second kappa shape index (κ2) is 9.95. The fourth-order valence-corrected chi connectivity index (χ4v) is 5.23. The van der Waals surface area contributed by atoms with Crippen molar-refractivity contribution in [3.8, 4) is 22.6 Å². The van der Waals surface area contributed by atoms with Gasteiger partial charge in [0.1, 0.15) is 11.2 Å². The van der Waals surface area contributed by atoms with Gasteiger partial charge < -0.3 is 20.1 Å². The van der Waals surface area contributed by atoms with Gasteiger partial charge in [0.05, 0.1) is 28.8 Å². The molecule has 1 aliphatic rings. The minimum atomic E-state index is 0.539. The van der Waals surface area contributed by atoms with Crippen LogP contribution in [0.3, 0.4) is 0 Å². The fraction of sp³-hybridized carbons (Fsp3) is 0.300. The van der Waals surface area contributed by atoms with Crippen molar-refractivity contribution in [1.29, 1.82) is 0 Å². The van der Waals surface area contributed by atoms with Crippen LogP contribution in [0.25, 0.3) is 44.6 Å². The van der Waals surface area contributed by atoms with Crippen LogP contribution >= 0.6 is 0 Å². The van der Waals surface area contributed by atoms with Gasteiger partial charge in [0.25, 0.3) is 0 Å². The molecule has 194 valence electrons.